The monoisotopic (exact) mass is 223 g/mol. The van der Waals surface area contributed by atoms with Crippen LogP contribution >= 0.6 is 0 Å². The van der Waals surface area contributed by atoms with Crippen LogP contribution < -0.4 is 10.1 Å². The fourth-order valence-corrected chi connectivity index (χ4v) is 1.39. The number of hydrogen-bond acceptors (Lipinski definition) is 3. The van der Waals surface area contributed by atoms with E-state index in [0.29, 0.717) is 12.5 Å². The van der Waals surface area contributed by atoms with Crippen molar-refractivity contribution in [1.82, 2.24) is 5.32 Å². The van der Waals surface area contributed by atoms with E-state index in [1.165, 1.54) is 5.56 Å². The second-order valence-corrected chi connectivity index (χ2v) is 4.21. The van der Waals surface area contributed by atoms with Crippen LogP contribution in [-0.2, 0) is 0 Å². The zero-order valence-corrected chi connectivity index (χ0v) is 10.2. The number of benzene rings is 1. The first-order chi connectivity index (χ1) is 7.67. The number of rotatable bonds is 6. The van der Waals surface area contributed by atoms with E-state index in [-0.39, 0.29) is 12.6 Å². The number of ether oxygens (including phenoxy) is 1. The maximum atomic E-state index is 9.00. The lowest BCUT2D eigenvalue weighted by Gasteiger charge is -2.15. The first kappa shape index (κ1) is 13.0. The average molecular weight is 223 g/mol. The number of nitrogens with one attached hydrogen (secondary N) is 1. The van der Waals surface area contributed by atoms with Crippen molar-refractivity contribution in [2.75, 3.05) is 20.3 Å². The van der Waals surface area contributed by atoms with Crippen LogP contribution in [0, 0.1) is 0 Å². The van der Waals surface area contributed by atoms with Gasteiger partial charge in [-0.15, -0.1) is 0 Å². The molecule has 3 nitrogen and oxygen atoms in total. The van der Waals surface area contributed by atoms with Gasteiger partial charge in [0.2, 0.25) is 0 Å². The third kappa shape index (κ3) is 3.83. The molecule has 0 fully saturated rings. The summed E-state index contributed by atoms with van der Waals surface area (Å²) in [5.74, 6) is 1.36. The molecule has 0 spiro atoms. The highest BCUT2D eigenvalue weighted by atomic mass is 16.5. The Labute approximate surface area is 97.4 Å². The summed E-state index contributed by atoms with van der Waals surface area (Å²) < 4.78 is 5.62. The van der Waals surface area contributed by atoms with Gasteiger partial charge in [-0.3, -0.25) is 0 Å². The summed E-state index contributed by atoms with van der Waals surface area (Å²) in [5, 5.41) is 12.0. The molecule has 1 aromatic rings. The molecule has 0 aliphatic carbocycles. The standard InChI is InChI=1S/C13H21NO2/c1-10(2)11-5-4-6-13(7-11)16-9-12(8-15)14-3/h4-7,10,12,14-15H,8-9H2,1-3H3. The SMILES string of the molecule is CNC(CO)COc1cccc(C(C)C)c1. The summed E-state index contributed by atoms with van der Waals surface area (Å²) in [7, 11) is 1.81. The van der Waals surface area contributed by atoms with Crippen LogP contribution in [-0.4, -0.2) is 31.4 Å². The normalized spacial score (nSPS) is 12.8. The van der Waals surface area contributed by atoms with Gasteiger partial charge in [-0.25, -0.2) is 0 Å². The minimum atomic E-state index is -0.0114. The van der Waals surface area contributed by atoms with Crippen molar-refractivity contribution >= 4 is 0 Å². The van der Waals surface area contributed by atoms with Crippen LogP contribution in [0.1, 0.15) is 25.3 Å². The van der Waals surface area contributed by atoms with E-state index < -0.39 is 0 Å². The van der Waals surface area contributed by atoms with E-state index in [1.54, 1.807) is 0 Å². The molecule has 1 aromatic carbocycles. The highest BCUT2D eigenvalue weighted by Gasteiger charge is 2.06. The molecule has 90 valence electrons. The molecule has 0 saturated carbocycles. The quantitative estimate of drug-likeness (QED) is 0.772. The molecule has 0 heterocycles. The lowest BCUT2D eigenvalue weighted by atomic mass is 10.0. The Kier molecular flexibility index (Phi) is 5.29. The smallest absolute Gasteiger partial charge is 0.119 e. The van der Waals surface area contributed by atoms with Crippen LogP contribution in [0.5, 0.6) is 5.75 Å². The predicted molar refractivity (Wildman–Crippen MR) is 66.0 cm³/mol. The first-order valence-electron chi connectivity index (χ1n) is 5.68. The molecule has 0 aliphatic heterocycles. The minimum Gasteiger partial charge on any atom is -0.492 e. The molecular formula is C13H21NO2. The highest BCUT2D eigenvalue weighted by molar-refractivity contribution is 5.30. The summed E-state index contributed by atoms with van der Waals surface area (Å²) >= 11 is 0. The van der Waals surface area contributed by atoms with Gasteiger partial charge < -0.3 is 15.2 Å². The maximum Gasteiger partial charge on any atom is 0.119 e. The van der Waals surface area contributed by atoms with Gasteiger partial charge >= 0.3 is 0 Å². The second-order valence-electron chi connectivity index (χ2n) is 4.21. The Morgan fingerprint density at radius 2 is 2.12 bits per heavy atom. The van der Waals surface area contributed by atoms with Crippen molar-refractivity contribution in [2.45, 2.75) is 25.8 Å². The lowest BCUT2D eigenvalue weighted by Crippen LogP contribution is -2.34. The number of likely N-dealkylation sites (N-methyl/N-ethyl adjacent to an activating group) is 1. The third-order valence-electron chi connectivity index (χ3n) is 2.60. The molecule has 16 heavy (non-hydrogen) atoms. The fourth-order valence-electron chi connectivity index (χ4n) is 1.39. The molecule has 0 aliphatic rings. The Bertz CT molecular complexity index is 309. The van der Waals surface area contributed by atoms with E-state index in [9.17, 15) is 0 Å². The number of aliphatic hydroxyl groups excluding tert-OH is 1. The van der Waals surface area contributed by atoms with Crippen molar-refractivity contribution in [3.8, 4) is 5.75 Å². The number of aliphatic hydroxyl groups is 1. The van der Waals surface area contributed by atoms with Crippen molar-refractivity contribution in [1.29, 1.82) is 0 Å². The van der Waals surface area contributed by atoms with Gasteiger partial charge in [0, 0.05) is 0 Å². The van der Waals surface area contributed by atoms with Gasteiger partial charge in [-0.05, 0) is 30.7 Å². The van der Waals surface area contributed by atoms with E-state index >= 15 is 0 Å². The van der Waals surface area contributed by atoms with Gasteiger partial charge in [-0.1, -0.05) is 26.0 Å². The van der Waals surface area contributed by atoms with Crippen molar-refractivity contribution < 1.29 is 9.84 Å². The molecule has 1 atom stereocenters. The summed E-state index contributed by atoms with van der Waals surface area (Å²) in [5.41, 5.74) is 1.27. The van der Waals surface area contributed by atoms with E-state index in [4.69, 9.17) is 9.84 Å². The van der Waals surface area contributed by atoms with Crippen LogP contribution in [0.2, 0.25) is 0 Å². The molecule has 0 saturated heterocycles. The molecule has 2 N–H and O–H groups in total. The van der Waals surface area contributed by atoms with Gasteiger partial charge in [0.1, 0.15) is 12.4 Å². The molecule has 0 aromatic heterocycles. The largest absolute Gasteiger partial charge is 0.492 e. The van der Waals surface area contributed by atoms with Crippen LogP contribution in [0.4, 0.5) is 0 Å². The fraction of sp³-hybridized carbons (Fsp3) is 0.538. The molecule has 0 amide bonds. The van der Waals surface area contributed by atoms with E-state index in [0.717, 1.165) is 5.75 Å². The highest BCUT2D eigenvalue weighted by Crippen LogP contribution is 2.20. The lowest BCUT2D eigenvalue weighted by molar-refractivity contribution is 0.189. The molecule has 1 unspecified atom stereocenters. The second kappa shape index (κ2) is 6.51. The van der Waals surface area contributed by atoms with Crippen LogP contribution in [0.25, 0.3) is 0 Å². The van der Waals surface area contributed by atoms with Gasteiger partial charge in [-0.2, -0.15) is 0 Å². The van der Waals surface area contributed by atoms with Gasteiger partial charge in [0.25, 0.3) is 0 Å². The summed E-state index contributed by atoms with van der Waals surface area (Å²) in [6.45, 7) is 4.88. The topological polar surface area (TPSA) is 41.5 Å². The zero-order valence-electron chi connectivity index (χ0n) is 10.2. The van der Waals surface area contributed by atoms with Gasteiger partial charge in [0.05, 0.1) is 12.6 Å². The van der Waals surface area contributed by atoms with Crippen LogP contribution in [0.3, 0.4) is 0 Å². The van der Waals surface area contributed by atoms with Gasteiger partial charge in [0.15, 0.2) is 0 Å². The maximum absolute atomic E-state index is 9.00. The molecule has 1 rings (SSSR count). The predicted octanol–water partition coefficient (Wildman–Crippen LogP) is 1.77. The molecule has 3 heteroatoms. The first-order valence-corrected chi connectivity index (χ1v) is 5.68. The Balaban J connectivity index is 2.56. The molecule has 0 radical (unpaired) electrons. The summed E-state index contributed by atoms with van der Waals surface area (Å²) in [6.07, 6.45) is 0. The summed E-state index contributed by atoms with van der Waals surface area (Å²) in [6, 6.07) is 8.07. The Morgan fingerprint density at radius 1 is 1.38 bits per heavy atom. The summed E-state index contributed by atoms with van der Waals surface area (Å²) in [4.78, 5) is 0. The van der Waals surface area contributed by atoms with E-state index in [2.05, 4.69) is 31.3 Å². The third-order valence-corrected chi connectivity index (χ3v) is 2.60. The molecule has 0 bridgehead atoms. The average Bonchev–Trinajstić information content (AvgIpc) is 2.31. The molecular weight excluding hydrogens is 202 g/mol. The van der Waals surface area contributed by atoms with Crippen LogP contribution in [0.15, 0.2) is 24.3 Å². The zero-order chi connectivity index (χ0) is 12.0. The minimum absolute atomic E-state index is 0.0114. The van der Waals surface area contributed by atoms with E-state index in [1.807, 2.05) is 19.2 Å². The Morgan fingerprint density at radius 3 is 2.69 bits per heavy atom. The van der Waals surface area contributed by atoms with Crippen molar-refractivity contribution in [3.63, 3.8) is 0 Å². The number of hydrogen-bond donors (Lipinski definition) is 2. The Hall–Kier alpha value is -1.06. The van der Waals surface area contributed by atoms with Crippen molar-refractivity contribution in [3.05, 3.63) is 29.8 Å². The van der Waals surface area contributed by atoms with Crippen molar-refractivity contribution in [2.24, 2.45) is 0 Å².